The van der Waals surface area contributed by atoms with Gasteiger partial charge in [0.2, 0.25) is 0 Å². The second kappa shape index (κ2) is 7.36. The lowest BCUT2D eigenvalue weighted by atomic mass is 10.3. The highest BCUT2D eigenvalue weighted by Gasteiger charge is 2.19. The molecule has 112 valence electrons. The van der Waals surface area contributed by atoms with Gasteiger partial charge in [0.1, 0.15) is 6.20 Å². The summed E-state index contributed by atoms with van der Waals surface area (Å²) in [5.74, 6) is 0.619. The van der Waals surface area contributed by atoms with E-state index < -0.39 is 7.60 Å². The molecule has 0 aliphatic carbocycles. The Labute approximate surface area is 123 Å². The van der Waals surface area contributed by atoms with Crippen molar-refractivity contribution in [2.45, 2.75) is 19.9 Å². The first kappa shape index (κ1) is 15.7. The summed E-state index contributed by atoms with van der Waals surface area (Å²) in [6.45, 7) is 2.49. The van der Waals surface area contributed by atoms with E-state index in [2.05, 4.69) is 15.1 Å². The van der Waals surface area contributed by atoms with E-state index >= 15 is 0 Å². The van der Waals surface area contributed by atoms with Crippen LogP contribution in [-0.4, -0.2) is 32.7 Å². The molecule has 0 amide bonds. The molecule has 0 bridgehead atoms. The molecule has 0 aromatic carbocycles. The summed E-state index contributed by atoms with van der Waals surface area (Å²) < 4.78 is 18.0. The average molecular weight is 309 g/mol. The Morgan fingerprint density at radius 2 is 2.14 bits per heavy atom. The lowest BCUT2D eigenvalue weighted by Gasteiger charge is -2.08. The lowest BCUT2D eigenvalue weighted by Crippen LogP contribution is -2.37. The normalized spacial score (nSPS) is 13.8. The maximum absolute atomic E-state index is 11.5. The lowest BCUT2D eigenvalue weighted by molar-refractivity contribution is -0.753. The number of hydrogen-bond acceptors (Lipinski definition) is 5. The molecule has 2 rings (SSSR count). The van der Waals surface area contributed by atoms with Gasteiger partial charge in [0.05, 0.1) is 12.8 Å². The fraction of sp³-hybridized carbons (Fsp3) is 0.385. The molecule has 1 atom stereocenters. The molecule has 0 aliphatic rings. The van der Waals surface area contributed by atoms with Crippen LogP contribution in [0.2, 0.25) is 0 Å². The van der Waals surface area contributed by atoms with Gasteiger partial charge in [0, 0.05) is 30.4 Å². The van der Waals surface area contributed by atoms with Gasteiger partial charge in [-0.15, -0.1) is 0 Å². The van der Waals surface area contributed by atoms with Gasteiger partial charge >= 0.3 is 7.60 Å². The monoisotopic (exact) mass is 309 g/mol. The quantitative estimate of drug-likeness (QED) is 0.615. The first-order chi connectivity index (χ1) is 10.1. The highest BCUT2D eigenvalue weighted by molar-refractivity contribution is 7.52. The molecule has 0 spiro atoms. The summed E-state index contributed by atoms with van der Waals surface area (Å²) in [5, 5.41) is 4.25. The van der Waals surface area contributed by atoms with Gasteiger partial charge in [-0.1, -0.05) is 4.68 Å². The van der Waals surface area contributed by atoms with Crippen LogP contribution in [-0.2, 0) is 15.6 Å². The Morgan fingerprint density at radius 3 is 2.76 bits per heavy atom. The number of rotatable bonds is 7. The zero-order chi connectivity index (χ0) is 15.1. The van der Waals surface area contributed by atoms with Crippen molar-refractivity contribution >= 4 is 7.60 Å². The van der Waals surface area contributed by atoms with Crippen LogP contribution in [0.15, 0.2) is 36.9 Å². The molecule has 2 aromatic rings. The van der Waals surface area contributed by atoms with Crippen LogP contribution in [0.4, 0.5) is 0 Å². The predicted octanol–water partition coefficient (Wildman–Crippen LogP) is 1.44. The van der Waals surface area contributed by atoms with Gasteiger partial charge < -0.3 is 9.42 Å². The third-order valence-electron chi connectivity index (χ3n) is 2.75. The fourth-order valence-corrected chi connectivity index (χ4v) is 2.87. The summed E-state index contributed by atoms with van der Waals surface area (Å²) in [6, 6.07) is 3.62. The molecular weight excluding hydrogens is 291 g/mol. The van der Waals surface area contributed by atoms with E-state index in [9.17, 15) is 9.46 Å². The van der Waals surface area contributed by atoms with Crippen molar-refractivity contribution in [2.75, 3.05) is 12.8 Å². The van der Waals surface area contributed by atoms with Crippen LogP contribution in [0.5, 0.6) is 0 Å². The topological polar surface area (TPSA) is 89.1 Å². The Hall–Kier alpha value is -1.69. The molecule has 1 N–H and O–H groups in total. The van der Waals surface area contributed by atoms with Gasteiger partial charge in [-0.25, -0.2) is 9.97 Å². The first-order valence-corrected chi connectivity index (χ1v) is 8.46. The number of aryl methyl sites for hydroxylation is 1. The Bertz CT molecular complexity index is 607. The van der Waals surface area contributed by atoms with Crippen LogP contribution in [0.3, 0.4) is 0 Å². The fourth-order valence-electron chi connectivity index (χ4n) is 1.80. The van der Waals surface area contributed by atoms with Crippen molar-refractivity contribution in [1.29, 1.82) is 0 Å². The molecule has 2 heterocycles. The van der Waals surface area contributed by atoms with E-state index in [1.54, 1.807) is 42.5 Å². The van der Waals surface area contributed by atoms with E-state index in [1.807, 2.05) is 6.07 Å². The Balaban J connectivity index is 1.90. The zero-order valence-corrected chi connectivity index (χ0v) is 12.7. The SMILES string of the molecule is CCOP(=O)(O)CCC[n+]1ccc(-c2ncccn2)cn1. The molecule has 8 heteroatoms. The summed E-state index contributed by atoms with van der Waals surface area (Å²) in [6.07, 6.45) is 7.47. The van der Waals surface area contributed by atoms with Crippen molar-refractivity contribution in [3.05, 3.63) is 36.9 Å². The number of nitrogens with zero attached hydrogens (tertiary/aromatic N) is 4. The standard InChI is InChI=1S/C13H17N4O3P/c1-2-20-21(18,19)10-4-8-17-9-5-12(11-16-17)13-14-6-3-7-15-13/h3,5-7,9,11H,2,4,8,10H2,1H3/p+1. The largest absolute Gasteiger partial charge is 0.328 e. The minimum atomic E-state index is -3.45. The van der Waals surface area contributed by atoms with Crippen molar-refractivity contribution in [2.24, 2.45) is 0 Å². The molecular formula is C13H18N4O3P+. The van der Waals surface area contributed by atoms with E-state index in [0.29, 0.717) is 18.8 Å². The average Bonchev–Trinajstić information content (AvgIpc) is 2.48. The predicted molar refractivity (Wildman–Crippen MR) is 76.4 cm³/mol. The summed E-state index contributed by atoms with van der Waals surface area (Å²) in [4.78, 5) is 17.8. The van der Waals surface area contributed by atoms with E-state index in [0.717, 1.165) is 5.56 Å². The maximum atomic E-state index is 11.5. The molecule has 0 saturated heterocycles. The van der Waals surface area contributed by atoms with Crippen molar-refractivity contribution in [3.8, 4) is 11.4 Å². The molecule has 2 aromatic heterocycles. The van der Waals surface area contributed by atoms with Gasteiger partial charge in [0.25, 0.3) is 0 Å². The van der Waals surface area contributed by atoms with Gasteiger partial charge in [0.15, 0.2) is 18.6 Å². The summed E-state index contributed by atoms with van der Waals surface area (Å²) >= 11 is 0. The van der Waals surface area contributed by atoms with Gasteiger partial charge in [-0.2, -0.15) is 0 Å². The molecule has 21 heavy (non-hydrogen) atoms. The Morgan fingerprint density at radius 1 is 1.38 bits per heavy atom. The third-order valence-corrected chi connectivity index (χ3v) is 4.30. The minimum absolute atomic E-state index is 0.124. The molecule has 0 saturated carbocycles. The number of hydrogen-bond donors (Lipinski definition) is 1. The van der Waals surface area contributed by atoms with Crippen molar-refractivity contribution in [3.63, 3.8) is 0 Å². The van der Waals surface area contributed by atoms with E-state index in [4.69, 9.17) is 4.52 Å². The second-order valence-electron chi connectivity index (χ2n) is 4.38. The molecule has 1 unspecified atom stereocenters. The molecule has 7 nitrogen and oxygen atoms in total. The highest BCUT2D eigenvalue weighted by Crippen LogP contribution is 2.41. The highest BCUT2D eigenvalue weighted by atomic mass is 31.2. The molecule has 0 radical (unpaired) electrons. The Kier molecular flexibility index (Phi) is 5.50. The summed E-state index contributed by atoms with van der Waals surface area (Å²) in [7, 11) is -3.45. The van der Waals surface area contributed by atoms with Crippen LogP contribution in [0.1, 0.15) is 13.3 Å². The van der Waals surface area contributed by atoms with Crippen LogP contribution < -0.4 is 4.68 Å². The third kappa shape index (κ3) is 4.97. The smallest absolute Gasteiger partial charge is 0.324 e. The first-order valence-electron chi connectivity index (χ1n) is 6.70. The van der Waals surface area contributed by atoms with E-state index in [-0.39, 0.29) is 12.8 Å². The van der Waals surface area contributed by atoms with Crippen molar-refractivity contribution < 1.29 is 18.7 Å². The minimum Gasteiger partial charge on any atom is -0.324 e. The van der Waals surface area contributed by atoms with E-state index in [1.165, 1.54) is 0 Å². The molecule has 0 fully saturated rings. The number of aromatic nitrogens is 4. The van der Waals surface area contributed by atoms with Crippen LogP contribution in [0, 0.1) is 0 Å². The van der Waals surface area contributed by atoms with Gasteiger partial charge in [-0.3, -0.25) is 4.57 Å². The summed E-state index contributed by atoms with van der Waals surface area (Å²) in [5.41, 5.74) is 0.828. The second-order valence-corrected chi connectivity index (χ2v) is 6.36. The van der Waals surface area contributed by atoms with Crippen molar-refractivity contribution in [1.82, 2.24) is 15.1 Å². The maximum Gasteiger partial charge on any atom is 0.328 e. The van der Waals surface area contributed by atoms with Gasteiger partial charge in [-0.05, 0) is 18.1 Å². The van der Waals surface area contributed by atoms with Crippen LogP contribution in [0.25, 0.3) is 11.4 Å². The van der Waals surface area contributed by atoms with Crippen LogP contribution >= 0.6 is 7.60 Å². The zero-order valence-electron chi connectivity index (χ0n) is 11.8. The molecule has 0 aliphatic heterocycles.